The molecule has 0 aliphatic heterocycles. The second-order valence-corrected chi connectivity index (χ2v) is 13.3. The number of unbranched alkanes of at least 4 members (excludes halogenated alkanes) is 13. The Balaban J connectivity index is 4.31. The first-order valence-electron chi connectivity index (χ1n) is 20.0. The molecule has 2 unspecified atom stereocenters. The highest BCUT2D eigenvalue weighted by Crippen LogP contribution is 2.18. The number of nitrogens with one attached hydrogen (secondary N) is 2. The van der Waals surface area contributed by atoms with Crippen molar-refractivity contribution in [2.75, 3.05) is 13.2 Å². The number of rotatable bonds is 35. The van der Waals surface area contributed by atoms with Crippen molar-refractivity contribution >= 4 is 23.8 Å². The fourth-order valence-electron chi connectivity index (χ4n) is 5.53. The molecular formula is C42H72N2O7. The Bertz CT molecular complexity index is 1010. The van der Waals surface area contributed by atoms with Crippen LogP contribution in [0.5, 0.6) is 0 Å². The number of allylic oxidation sites excluding steroid dienone is 8. The highest BCUT2D eigenvalue weighted by Gasteiger charge is 2.19. The normalized spacial score (nSPS) is 13.0. The smallest absolute Gasteiger partial charge is 0.328 e. The molecule has 0 radical (unpaired) electrons. The number of carboxylic acids is 1. The van der Waals surface area contributed by atoms with E-state index in [1.165, 1.54) is 44.9 Å². The van der Waals surface area contributed by atoms with Crippen molar-refractivity contribution in [3.63, 3.8) is 0 Å². The van der Waals surface area contributed by atoms with Gasteiger partial charge in [0.15, 0.2) is 0 Å². The molecule has 0 saturated carbocycles. The maximum absolute atomic E-state index is 12.7. The topological polar surface area (TPSA) is 142 Å². The lowest BCUT2D eigenvalue weighted by Gasteiger charge is -2.18. The predicted molar refractivity (Wildman–Crippen MR) is 208 cm³/mol. The van der Waals surface area contributed by atoms with Gasteiger partial charge in [0.1, 0.15) is 12.1 Å². The number of esters is 1. The van der Waals surface area contributed by atoms with E-state index in [2.05, 4.69) is 73.1 Å². The van der Waals surface area contributed by atoms with Crippen molar-refractivity contribution in [2.45, 2.75) is 180 Å². The number of amides is 2. The van der Waals surface area contributed by atoms with Gasteiger partial charge in [-0.1, -0.05) is 127 Å². The van der Waals surface area contributed by atoms with Crippen molar-refractivity contribution < 1.29 is 34.1 Å². The molecule has 292 valence electrons. The molecule has 0 bridgehead atoms. The number of ether oxygens (including phenoxy) is 1. The molecule has 0 spiro atoms. The molecule has 4 N–H and O–H groups in total. The van der Waals surface area contributed by atoms with Crippen LogP contribution in [0.2, 0.25) is 0 Å². The second-order valence-electron chi connectivity index (χ2n) is 13.3. The lowest BCUT2D eigenvalue weighted by Crippen LogP contribution is -2.47. The average molecular weight is 717 g/mol. The number of hydrogen-bond acceptors (Lipinski definition) is 6. The number of hydrogen-bond donors (Lipinski definition) is 4. The first kappa shape index (κ1) is 47.8. The van der Waals surface area contributed by atoms with Crippen molar-refractivity contribution in [1.82, 2.24) is 10.6 Å². The Kier molecular flexibility index (Phi) is 34.3. The van der Waals surface area contributed by atoms with Crippen LogP contribution in [0, 0.1) is 0 Å². The van der Waals surface area contributed by atoms with Gasteiger partial charge in [-0.15, -0.1) is 0 Å². The number of aliphatic hydroxyl groups excluding tert-OH is 1. The third-order valence-electron chi connectivity index (χ3n) is 8.59. The molecule has 0 aromatic heterocycles. The van der Waals surface area contributed by atoms with Gasteiger partial charge in [-0.2, -0.15) is 0 Å². The van der Waals surface area contributed by atoms with Gasteiger partial charge in [0.05, 0.1) is 13.2 Å². The predicted octanol–water partition coefficient (Wildman–Crippen LogP) is 9.20. The maximum atomic E-state index is 12.7. The second kappa shape index (κ2) is 36.6. The largest absolute Gasteiger partial charge is 0.480 e. The minimum absolute atomic E-state index is 0.0320. The Hall–Kier alpha value is -3.20. The minimum atomic E-state index is -1.38. The fraction of sp³-hybridized carbons (Fsp3) is 0.714. The summed E-state index contributed by atoms with van der Waals surface area (Å²) in [6, 6.07) is -1.38. The first-order valence-corrected chi connectivity index (χ1v) is 20.0. The van der Waals surface area contributed by atoms with E-state index in [4.69, 9.17) is 14.9 Å². The number of aliphatic hydroxyl groups is 1. The Morgan fingerprint density at radius 2 is 1.12 bits per heavy atom. The summed E-state index contributed by atoms with van der Waals surface area (Å²) in [5.74, 6) is -2.34. The van der Waals surface area contributed by atoms with E-state index in [9.17, 15) is 19.2 Å². The van der Waals surface area contributed by atoms with Crippen molar-refractivity contribution in [3.8, 4) is 0 Å². The van der Waals surface area contributed by atoms with Crippen LogP contribution in [-0.4, -0.2) is 59.3 Å². The summed E-state index contributed by atoms with van der Waals surface area (Å²) >= 11 is 0. The number of carbonyl (C=O) groups excluding carboxylic acids is 3. The van der Waals surface area contributed by atoms with Crippen LogP contribution in [0.15, 0.2) is 48.6 Å². The molecule has 0 aliphatic carbocycles. The van der Waals surface area contributed by atoms with Crippen molar-refractivity contribution in [1.29, 1.82) is 0 Å². The summed E-state index contributed by atoms with van der Waals surface area (Å²) in [5, 5.41) is 22.5. The summed E-state index contributed by atoms with van der Waals surface area (Å²) in [5.41, 5.74) is 0. The number of carboxylic acid groups (broad SMARTS) is 1. The lowest BCUT2D eigenvalue weighted by atomic mass is 10.0. The molecule has 0 aliphatic rings. The van der Waals surface area contributed by atoms with E-state index in [-0.39, 0.29) is 30.9 Å². The van der Waals surface area contributed by atoms with E-state index in [1.54, 1.807) is 0 Å². The first-order chi connectivity index (χ1) is 24.8. The molecule has 2 atom stereocenters. The zero-order valence-electron chi connectivity index (χ0n) is 32.1. The van der Waals surface area contributed by atoms with Gasteiger partial charge in [-0.05, 0) is 77.0 Å². The Labute approximate surface area is 309 Å². The van der Waals surface area contributed by atoms with E-state index < -0.39 is 24.5 Å². The summed E-state index contributed by atoms with van der Waals surface area (Å²) in [7, 11) is 0. The molecule has 0 heterocycles. The van der Waals surface area contributed by atoms with Crippen molar-refractivity contribution in [3.05, 3.63) is 48.6 Å². The van der Waals surface area contributed by atoms with Crippen LogP contribution >= 0.6 is 0 Å². The summed E-state index contributed by atoms with van der Waals surface area (Å²) in [6.45, 7) is 3.34. The maximum Gasteiger partial charge on any atom is 0.328 e. The summed E-state index contributed by atoms with van der Waals surface area (Å²) < 4.78 is 5.97. The zero-order chi connectivity index (χ0) is 37.6. The molecule has 9 heteroatoms. The Morgan fingerprint density at radius 1 is 0.608 bits per heavy atom. The third kappa shape index (κ3) is 33.7. The molecule has 0 aromatic rings. The SMILES string of the molecule is CC/C=C\C/C=C\C/C=C\C/C=C\CCCCC(=O)OC(CCCCCCCCCC)CCCCCCCC(=O)NCC(=O)NC(CO)C(=O)O. The third-order valence-corrected chi connectivity index (χ3v) is 8.59. The number of aliphatic carboxylic acids is 1. The van der Waals surface area contributed by atoms with Crippen LogP contribution in [0.4, 0.5) is 0 Å². The molecule has 2 amide bonds. The van der Waals surface area contributed by atoms with Crippen LogP contribution in [-0.2, 0) is 23.9 Å². The quantitative estimate of drug-likeness (QED) is 0.0291. The molecule has 0 aromatic carbocycles. The molecule has 9 nitrogen and oxygen atoms in total. The molecule has 0 fully saturated rings. The standard InChI is InChI=1S/C42H72N2O7/c1-3-5-7-9-11-13-14-15-16-17-18-19-21-26-30-34-41(48)51-37(31-27-23-20-12-10-8-6-4-2)32-28-24-22-25-29-33-39(46)43-35-40(47)44-38(36-45)42(49)50/h5,7,11,13,15-16,18-19,37-38,45H,3-4,6,8-10,12,14,17,20-36H2,1-2H3,(H,43,46)(H,44,47)(H,49,50)/b7-5-,13-11-,16-15-,19-18-. The molecule has 51 heavy (non-hydrogen) atoms. The Morgan fingerprint density at radius 3 is 1.67 bits per heavy atom. The molecular weight excluding hydrogens is 644 g/mol. The minimum Gasteiger partial charge on any atom is -0.480 e. The van der Waals surface area contributed by atoms with Gasteiger partial charge in [-0.3, -0.25) is 14.4 Å². The monoisotopic (exact) mass is 717 g/mol. The van der Waals surface area contributed by atoms with E-state index in [1.807, 2.05) is 0 Å². The fourth-order valence-corrected chi connectivity index (χ4v) is 5.53. The summed E-state index contributed by atoms with van der Waals surface area (Å²) in [6.07, 6.45) is 41.4. The van der Waals surface area contributed by atoms with E-state index in [0.29, 0.717) is 12.8 Å². The van der Waals surface area contributed by atoms with Crippen LogP contribution < -0.4 is 10.6 Å². The molecule has 0 rings (SSSR count). The van der Waals surface area contributed by atoms with Gasteiger partial charge < -0.3 is 25.6 Å². The highest BCUT2D eigenvalue weighted by atomic mass is 16.5. The van der Waals surface area contributed by atoms with Gasteiger partial charge in [0, 0.05) is 12.8 Å². The lowest BCUT2D eigenvalue weighted by molar-refractivity contribution is -0.150. The van der Waals surface area contributed by atoms with Gasteiger partial charge in [-0.25, -0.2) is 4.79 Å². The molecule has 0 saturated heterocycles. The van der Waals surface area contributed by atoms with Gasteiger partial charge >= 0.3 is 11.9 Å². The van der Waals surface area contributed by atoms with Crippen molar-refractivity contribution in [2.24, 2.45) is 0 Å². The number of carbonyl (C=O) groups is 4. The highest BCUT2D eigenvalue weighted by molar-refractivity contribution is 5.87. The van der Waals surface area contributed by atoms with Crippen LogP contribution in [0.1, 0.15) is 168 Å². The van der Waals surface area contributed by atoms with Gasteiger partial charge in [0.2, 0.25) is 11.8 Å². The van der Waals surface area contributed by atoms with E-state index in [0.717, 1.165) is 89.9 Å². The van der Waals surface area contributed by atoms with Crippen LogP contribution in [0.3, 0.4) is 0 Å². The summed E-state index contributed by atoms with van der Waals surface area (Å²) in [4.78, 5) is 47.4. The van der Waals surface area contributed by atoms with Gasteiger partial charge in [0.25, 0.3) is 0 Å². The van der Waals surface area contributed by atoms with E-state index >= 15 is 0 Å². The average Bonchev–Trinajstić information content (AvgIpc) is 3.11. The zero-order valence-corrected chi connectivity index (χ0v) is 32.1. The van der Waals surface area contributed by atoms with Crippen LogP contribution in [0.25, 0.3) is 0 Å².